The van der Waals surface area contributed by atoms with Crippen LogP contribution in [0.1, 0.15) is 37.0 Å². The van der Waals surface area contributed by atoms with Gasteiger partial charge < -0.3 is 19.5 Å². The van der Waals surface area contributed by atoms with E-state index in [0.29, 0.717) is 11.5 Å². The van der Waals surface area contributed by atoms with Crippen LogP contribution in [-0.2, 0) is 9.53 Å². The van der Waals surface area contributed by atoms with E-state index in [9.17, 15) is 9.59 Å². The van der Waals surface area contributed by atoms with Crippen molar-refractivity contribution in [2.24, 2.45) is 0 Å². The monoisotopic (exact) mass is 309 g/mol. The highest BCUT2D eigenvalue weighted by Gasteiger charge is 2.17. The van der Waals surface area contributed by atoms with E-state index in [0.717, 1.165) is 12.8 Å². The van der Waals surface area contributed by atoms with Gasteiger partial charge in [0.25, 0.3) is 5.91 Å². The minimum absolute atomic E-state index is 0.0579. The summed E-state index contributed by atoms with van der Waals surface area (Å²) in [5.74, 6) is -0.0791. The molecule has 6 heteroatoms. The molecule has 122 valence electrons. The summed E-state index contributed by atoms with van der Waals surface area (Å²) >= 11 is 0. The molecule has 1 aromatic rings. The molecule has 0 saturated heterocycles. The van der Waals surface area contributed by atoms with Crippen molar-refractivity contribution in [1.82, 2.24) is 5.32 Å². The van der Waals surface area contributed by atoms with Crippen molar-refractivity contribution in [2.75, 3.05) is 20.8 Å². The van der Waals surface area contributed by atoms with Crippen LogP contribution in [0.4, 0.5) is 0 Å². The summed E-state index contributed by atoms with van der Waals surface area (Å²) in [7, 11) is 2.96. The van der Waals surface area contributed by atoms with Gasteiger partial charge in [0.1, 0.15) is 17.1 Å². The van der Waals surface area contributed by atoms with Gasteiger partial charge >= 0.3 is 5.97 Å². The average Bonchev–Trinajstić information content (AvgIpc) is 2.52. The second-order valence-electron chi connectivity index (χ2n) is 4.90. The lowest BCUT2D eigenvalue weighted by Gasteiger charge is -2.13. The van der Waals surface area contributed by atoms with E-state index in [1.54, 1.807) is 12.1 Å². The Morgan fingerprint density at radius 2 is 1.95 bits per heavy atom. The normalized spacial score (nSPS) is 11.5. The summed E-state index contributed by atoms with van der Waals surface area (Å²) in [4.78, 5) is 23.8. The molecule has 0 aliphatic carbocycles. The van der Waals surface area contributed by atoms with E-state index in [4.69, 9.17) is 14.2 Å². The van der Waals surface area contributed by atoms with Crippen molar-refractivity contribution < 1.29 is 23.8 Å². The molecule has 0 heterocycles. The molecule has 0 spiro atoms. The Labute approximate surface area is 130 Å². The number of nitrogens with one attached hydrogen (secondary N) is 1. The predicted molar refractivity (Wildman–Crippen MR) is 82.3 cm³/mol. The summed E-state index contributed by atoms with van der Waals surface area (Å²) in [6, 6.07) is 4.86. The Morgan fingerprint density at radius 1 is 1.23 bits per heavy atom. The topological polar surface area (TPSA) is 73.9 Å². The molecule has 0 aliphatic rings. The SMILES string of the molecule is CCCC(C)NC(=O)COC(=O)c1cc(OC)ccc1OC. The highest BCUT2D eigenvalue weighted by atomic mass is 16.5. The lowest BCUT2D eigenvalue weighted by atomic mass is 10.2. The number of esters is 1. The highest BCUT2D eigenvalue weighted by Crippen LogP contribution is 2.24. The molecule has 1 aromatic carbocycles. The first-order chi connectivity index (χ1) is 10.5. The van der Waals surface area contributed by atoms with Crippen molar-refractivity contribution in [1.29, 1.82) is 0 Å². The predicted octanol–water partition coefficient (Wildman–Crippen LogP) is 2.17. The fraction of sp³-hybridized carbons (Fsp3) is 0.500. The van der Waals surface area contributed by atoms with Crippen LogP contribution >= 0.6 is 0 Å². The van der Waals surface area contributed by atoms with Gasteiger partial charge in [0.15, 0.2) is 6.61 Å². The molecular weight excluding hydrogens is 286 g/mol. The first-order valence-corrected chi connectivity index (χ1v) is 7.20. The quantitative estimate of drug-likeness (QED) is 0.745. The van der Waals surface area contributed by atoms with E-state index in [1.807, 2.05) is 13.8 Å². The third-order valence-corrected chi connectivity index (χ3v) is 3.09. The minimum atomic E-state index is -0.631. The number of benzene rings is 1. The van der Waals surface area contributed by atoms with Gasteiger partial charge in [-0.25, -0.2) is 4.79 Å². The Morgan fingerprint density at radius 3 is 2.55 bits per heavy atom. The highest BCUT2D eigenvalue weighted by molar-refractivity contribution is 5.94. The Kier molecular flexibility index (Phi) is 7.22. The molecule has 22 heavy (non-hydrogen) atoms. The van der Waals surface area contributed by atoms with E-state index in [2.05, 4.69) is 5.32 Å². The van der Waals surface area contributed by atoms with Crippen LogP contribution in [0.2, 0.25) is 0 Å². The van der Waals surface area contributed by atoms with Crippen LogP contribution < -0.4 is 14.8 Å². The van der Waals surface area contributed by atoms with Crippen molar-refractivity contribution in [3.63, 3.8) is 0 Å². The van der Waals surface area contributed by atoms with Gasteiger partial charge in [0.2, 0.25) is 0 Å². The molecule has 1 N–H and O–H groups in total. The van der Waals surface area contributed by atoms with Crippen LogP contribution in [0.15, 0.2) is 18.2 Å². The molecular formula is C16H23NO5. The van der Waals surface area contributed by atoms with Crippen LogP contribution in [0.3, 0.4) is 0 Å². The van der Waals surface area contributed by atoms with Crippen LogP contribution in [-0.4, -0.2) is 38.7 Å². The molecule has 0 radical (unpaired) electrons. The third-order valence-electron chi connectivity index (χ3n) is 3.09. The third kappa shape index (κ3) is 5.27. The van der Waals surface area contributed by atoms with Crippen molar-refractivity contribution >= 4 is 11.9 Å². The molecule has 0 aromatic heterocycles. The summed E-state index contributed by atoms with van der Waals surface area (Å²) in [6.07, 6.45) is 1.85. The van der Waals surface area contributed by atoms with Crippen LogP contribution in [0, 0.1) is 0 Å². The maximum atomic E-state index is 12.1. The van der Waals surface area contributed by atoms with Crippen molar-refractivity contribution in [3.05, 3.63) is 23.8 Å². The molecule has 1 amide bonds. The van der Waals surface area contributed by atoms with E-state index < -0.39 is 5.97 Å². The Hall–Kier alpha value is -2.24. The lowest BCUT2D eigenvalue weighted by molar-refractivity contribution is -0.124. The van der Waals surface area contributed by atoms with Gasteiger partial charge in [-0.15, -0.1) is 0 Å². The number of rotatable bonds is 8. The van der Waals surface area contributed by atoms with Crippen molar-refractivity contribution in [2.45, 2.75) is 32.7 Å². The zero-order valence-corrected chi connectivity index (χ0v) is 13.5. The Bertz CT molecular complexity index is 515. The number of hydrogen-bond donors (Lipinski definition) is 1. The first-order valence-electron chi connectivity index (χ1n) is 7.20. The van der Waals surface area contributed by atoms with Gasteiger partial charge in [-0.3, -0.25) is 4.79 Å². The largest absolute Gasteiger partial charge is 0.497 e. The van der Waals surface area contributed by atoms with E-state index >= 15 is 0 Å². The molecule has 1 unspecified atom stereocenters. The van der Waals surface area contributed by atoms with Gasteiger partial charge in [0.05, 0.1) is 14.2 Å². The number of carbonyl (C=O) groups excluding carboxylic acids is 2. The smallest absolute Gasteiger partial charge is 0.342 e. The molecule has 1 atom stereocenters. The van der Waals surface area contributed by atoms with Gasteiger partial charge in [-0.1, -0.05) is 13.3 Å². The fourth-order valence-electron chi connectivity index (χ4n) is 2.00. The number of ether oxygens (including phenoxy) is 3. The second kappa shape index (κ2) is 8.92. The summed E-state index contributed by atoms with van der Waals surface area (Å²) in [6.45, 7) is 3.62. The number of amides is 1. The standard InChI is InChI=1S/C16H23NO5/c1-5-6-11(2)17-15(18)10-22-16(19)13-9-12(20-3)7-8-14(13)21-4/h7-9,11H,5-6,10H2,1-4H3,(H,17,18). The minimum Gasteiger partial charge on any atom is -0.497 e. The first kappa shape index (κ1) is 17.8. The summed E-state index contributed by atoms with van der Waals surface area (Å²) < 4.78 is 15.2. The van der Waals surface area contributed by atoms with E-state index in [-0.39, 0.29) is 24.1 Å². The fourth-order valence-corrected chi connectivity index (χ4v) is 2.00. The zero-order chi connectivity index (χ0) is 16.5. The molecule has 6 nitrogen and oxygen atoms in total. The number of hydrogen-bond acceptors (Lipinski definition) is 5. The van der Waals surface area contributed by atoms with Crippen LogP contribution in [0.25, 0.3) is 0 Å². The second-order valence-corrected chi connectivity index (χ2v) is 4.90. The molecule has 1 rings (SSSR count). The molecule has 0 bridgehead atoms. The summed E-state index contributed by atoms with van der Waals surface area (Å²) in [5, 5.41) is 2.77. The lowest BCUT2D eigenvalue weighted by Crippen LogP contribution is -2.35. The maximum Gasteiger partial charge on any atom is 0.342 e. The van der Waals surface area contributed by atoms with Gasteiger partial charge in [-0.2, -0.15) is 0 Å². The molecule has 0 aliphatic heterocycles. The Balaban J connectivity index is 2.63. The van der Waals surface area contributed by atoms with Gasteiger partial charge in [0, 0.05) is 6.04 Å². The van der Waals surface area contributed by atoms with Crippen molar-refractivity contribution in [3.8, 4) is 11.5 Å². The zero-order valence-electron chi connectivity index (χ0n) is 13.5. The maximum absolute atomic E-state index is 12.1. The average molecular weight is 309 g/mol. The van der Waals surface area contributed by atoms with Gasteiger partial charge in [-0.05, 0) is 31.5 Å². The molecule has 0 saturated carbocycles. The van der Waals surface area contributed by atoms with E-state index in [1.165, 1.54) is 20.3 Å². The van der Waals surface area contributed by atoms with Crippen LogP contribution in [0.5, 0.6) is 11.5 Å². The number of carbonyl (C=O) groups is 2. The molecule has 0 fully saturated rings. The summed E-state index contributed by atoms with van der Waals surface area (Å²) in [5.41, 5.74) is 0.219. The number of methoxy groups -OCH3 is 2.